The Morgan fingerprint density at radius 2 is 1.30 bits per heavy atom. The Balaban J connectivity index is 2.06. The molecule has 1 aliphatic rings. The van der Waals surface area contributed by atoms with Crippen molar-refractivity contribution in [2.24, 2.45) is 5.73 Å². The molecule has 1 aliphatic carbocycles. The van der Waals surface area contributed by atoms with E-state index in [1.165, 1.54) is 0 Å². The van der Waals surface area contributed by atoms with Crippen molar-refractivity contribution in [3.8, 4) is 0 Å². The summed E-state index contributed by atoms with van der Waals surface area (Å²) in [6, 6.07) is 16.5. The molecule has 0 unspecified atom stereocenters. The number of carbonyl (C=O) groups is 2. The summed E-state index contributed by atoms with van der Waals surface area (Å²) in [7, 11) is 0. The van der Waals surface area contributed by atoms with Crippen LogP contribution < -0.4 is 10.2 Å². The number of rotatable bonds is 2. The fraction of sp³-hybridized carbons (Fsp3) is 0. The number of Topliss-reactive ketones (excluding diaryl/α,β-unsaturated/α-hetero) is 2. The Labute approximate surface area is 122 Å². The van der Waals surface area contributed by atoms with E-state index >= 15 is 0 Å². The molecule has 0 saturated carbocycles. The summed E-state index contributed by atoms with van der Waals surface area (Å²) in [5, 5.41) is 0. The number of benzene rings is 2. The van der Waals surface area contributed by atoms with Crippen molar-refractivity contribution in [1.29, 1.82) is 0 Å². The number of carbonyl (C=O) groups excluding carboxylic acids is 2. The van der Waals surface area contributed by atoms with Crippen LogP contribution in [0.5, 0.6) is 0 Å². The summed E-state index contributed by atoms with van der Waals surface area (Å²) in [5.41, 5.74) is 6.86. The third-order valence-corrected chi connectivity index (χ3v) is 5.42. The molecule has 2 N–H and O–H groups in total. The molecule has 0 spiro atoms. The van der Waals surface area contributed by atoms with Crippen LogP contribution in [0.3, 0.4) is 0 Å². The molecule has 98 valence electrons. The second-order valence-electron chi connectivity index (χ2n) is 4.36. The molecular formula is C16H11NO2Se. The molecule has 0 heterocycles. The van der Waals surface area contributed by atoms with Crippen LogP contribution in [-0.4, -0.2) is 26.5 Å². The summed E-state index contributed by atoms with van der Waals surface area (Å²) in [4.78, 5) is 24.7. The SMILES string of the molecule is NC1=C([Se]c2ccccc2)C(=O)c2ccccc2C1=O. The second-order valence-corrected chi connectivity index (χ2v) is 6.64. The van der Waals surface area contributed by atoms with Crippen LogP contribution in [0.2, 0.25) is 0 Å². The van der Waals surface area contributed by atoms with Crippen molar-refractivity contribution in [2.75, 3.05) is 0 Å². The first-order chi connectivity index (χ1) is 9.68. The Kier molecular flexibility index (Phi) is 3.26. The molecule has 2 aromatic carbocycles. The molecular weight excluding hydrogens is 317 g/mol. The maximum absolute atomic E-state index is 12.5. The van der Waals surface area contributed by atoms with Gasteiger partial charge in [0.05, 0.1) is 0 Å². The molecule has 0 radical (unpaired) electrons. The Morgan fingerprint density at radius 3 is 1.95 bits per heavy atom. The van der Waals surface area contributed by atoms with Crippen molar-refractivity contribution in [3.05, 3.63) is 75.9 Å². The first kappa shape index (κ1) is 12.9. The van der Waals surface area contributed by atoms with Gasteiger partial charge in [-0.05, 0) is 0 Å². The average molecular weight is 328 g/mol. The molecule has 0 bridgehead atoms. The van der Waals surface area contributed by atoms with Crippen molar-refractivity contribution in [2.45, 2.75) is 0 Å². The van der Waals surface area contributed by atoms with E-state index in [9.17, 15) is 9.59 Å². The molecule has 4 heteroatoms. The van der Waals surface area contributed by atoms with Gasteiger partial charge in [-0.1, -0.05) is 0 Å². The van der Waals surface area contributed by atoms with Crippen LogP contribution in [0.25, 0.3) is 0 Å². The predicted octanol–water partition coefficient (Wildman–Crippen LogP) is 1.27. The third-order valence-electron chi connectivity index (χ3n) is 3.07. The number of nitrogens with two attached hydrogens (primary N) is 1. The second kappa shape index (κ2) is 5.08. The predicted molar refractivity (Wildman–Crippen MR) is 78.1 cm³/mol. The van der Waals surface area contributed by atoms with Crippen LogP contribution in [-0.2, 0) is 0 Å². The summed E-state index contributed by atoms with van der Waals surface area (Å²) in [5.74, 6) is -0.366. The fourth-order valence-corrected chi connectivity index (χ4v) is 4.04. The van der Waals surface area contributed by atoms with Gasteiger partial charge in [0.1, 0.15) is 0 Å². The number of hydrogen-bond acceptors (Lipinski definition) is 3. The normalized spacial score (nSPS) is 14.4. The standard InChI is InChI=1S/C16H11NO2Se/c17-13-14(18)11-8-4-5-9-12(11)15(19)16(13)20-10-6-2-1-3-7-10/h1-9H,17H2. The number of ketones is 2. The van der Waals surface area contributed by atoms with Gasteiger partial charge in [0, 0.05) is 0 Å². The van der Waals surface area contributed by atoms with Gasteiger partial charge < -0.3 is 0 Å². The van der Waals surface area contributed by atoms with E-state index in [-0.39, 0.29) is 32.2 Å². The molecule has 0 atom stereocenters. The molecule has 3 rings (SSSR count). The van der Waals surface area contributed by atoms with E-state index in [1.807, 2.05) is 30.3 Å². The Hall–Kier alpha value is -2.16. The molecule has 3 nitrogen and oxygen atoms in total. The summed E-state index contributed by atoms with van der Waals surface area (Å²) in [6.45, 7) is 0. The first-order valence-corrected chi connectivity index (χ1v) is 7.81. The van der Waals surface area contributed by atoms with Gasteiger partial charge in [0.25, 0.3) is 0 Å². The summed E-state index contributed by atoms with van der Waals surface area (Å²) in [6.07, 6.45) is 0. The minimum atomic E-state index is -0.258. The van der Waals surface area contributed by atoms with E-state index < -0.39 is 0 Å². The van der Waals surface area contributed by atoms with Gasteiger partial charge in [-0.15, -0.1) is 0 Å². The van der Waals surface area contributed by atoms with Crippen molar-refractivity contribution >= 4 is 31.0 Å². The van der Waals surface area contributed by atoms with Gasteiger partial charge in [-0.2, -0.15) is 0 Å². The zero-order valence-electron chi connectivity index (χ0n) is 10.5. The Morgan fingerprint density at radius 1 is 0.750 bits per heavy atom. The van der Waals surface area contributed by atoms with E-state index in [0.717, 1.165) is 4.46 Å². The van der Waals surface area contributed by atoms with Gasteiger partial charge in [0.2, 0.25) is 0 Å². The molecule has 20 heavy (non-hydrogen) atoms. The van der Waals surface area contributed by atoms with Crippen LogP contribution in [0.1, 0.15) is 20.7 Å². The fourth-order valence-electron chi connectivity index (χ4n) is 2.08. The van der Waals surface area contributed by atoms with Crippen molar-refractivity contribution in [1.82, 2.24) is 0 Å². The van der Waals surface area contributed by atoms with Gasteiger partial charge in [-0.25, -0.2) is 0 Å². The number of hydrogen-bond donors (Lipinski definition) is 1. The summed E-state index contributed by atoms with van der Waals surface area (Å²) >= 11 is -0.258. The quantitative estimate of drug-likeness (QED) is 0.845. The third kappa shape index (κ3) is 2.09. The molecule has 0 aliphatic heterocycles. The minimum absolute atomic E-state index is 0.0950. The zero-order chi connectivity index (χ0) is 14.1. The van der Waals surface area contributed by atoms with Crippen LogP contribution in [0.15, 0.2) is 64.8 Å². The molecule has 0 aromatic heterocycles. The van der Waals surface area contributed by atoms with Gasteiger partial charge >= 0.3 is 122 Å². The number of allylic oxidation sites excluding steroid dienone is 2. The van der Waals surface area contributed by atoms with Crippen molar-refractivity contribution < 1.29 is 9.59 Å². The maximum atomic E-state index is 12.5. The van der Waals surface area contributed by atoms with Crippen LogP contribution in [0.4, 0.5) is 0 Å². The topological polar surface area (TPSA) is 60.2 Å². The molecule has 0 saturated heterocycles. The van der Waals surface area contributed by atoms with E-state index in [2.05, 4.69) is 0 Å². The molecule has 0 fully saturated rings. The molecule has 0 amide bonds. The Bertz CT molecular complexity index is 735. The van der Waals surface area contributed by atoms with Gasteiger partial charge in [0.15, 0.2) is 0 Å². The number of fused-ring (bicyclic) bond motifs is 1. The average Bonchev–Trinajstić information content (AvgIpc) is 2.50. The van der Waals surface area contributed by atoms with E-state index in [1.54, 1.807) is 24.3 Å². The van der Waals surface area contributed by atoms with Crippen molar-refractivity contribution in [3.63, 3.8) is 0 Å². The van der Waals surface area contributed by atoms with E-state index in [0.29, 0.717) is 15.6 Å². The van der Waals surface area contributed by atoms with E-state index in [4.69, 9.17) is 5.73 Å². The first-order valence-electron chi connectivity index (χ1n) is 6.09. The van der Waals surface area contributed by atoms with Crippen LogP contribution >= 0.6 is 0 Å². The van der Waals surface area contributed by atoms with Crippen LogP contribution in [0, 0.1) is 0 Å². The zero-order valence-corrected chi connectivity index (χ0v) is 12.2. The summed E-state index contributed by atoms with van der Waals surface area (Å²) < 4.78 is 1.48. The molecule has 2 aromatic rings. The monoisotopic (exact) mass is 329 g/mol. The van der Waals surface area contributed by atoms with Gasteiger partial charge in [-0.3, -0.25) is 0 Å².